The number of nitrogens with zero attached hydrogens (tertiary/aromatic N) is 3. The Balaban J connectivity index is 0.992. The van der Waals surface area contributed by atoms with Crippen molar-refractivity contribution in [2.75, 3.05) is 0 Å². The SMILES string of the molecule is c1ccc(-c2cc(-c3cccc4c3sc3c(-c5ccc6c(c5)c5cc(-c7ccc8oc9ccccc9c8c7)ccc5n6-c5ccccc5)cccc34)nc(-c3ccccc3)n2)cc1. The van der Waals surface area contributed by atoms with Crippen molar-refractivity contribution in [3.8, 4) is 61.8 Å². The van der Waals surface area contributed by atoms with Gasteiger partial charge >= 0.3 is 0 Å². The Morgan fingerprint density at radius 3 is 1.63 bits per heavy atom. The van der Waals surface area contributed by atoms with E-state index in [1.54, 1.807) is 0 Å². The molecular weight excluding hydrogens is 787 g/mol. The molecule has 4 nitrogen and oxygen atoms in total. The number of para-hydroxylation sites is 2. The summed E-state index contributed by atoms with van der Waals surface area (Å²) < 4.78 is 11.1. The van der Waals surface area contributed by atoms with Crippen LogP contribution in [0.5, 0.6) is 0 Å². The van der Waals surface area contributed by atoms with Crippen LogP contribution < -0.4 is 0 Å². The van der Waals surface area contributed by atoms with E-state index in [1.165, 1.54) is 58.7 Å². The zero-order chi connectivity index (χ0) is 41.4. The minimum Gasteiger partial charge on any atom is -0.456 e. The third-order valence-electron chi connectivity index (χ3n) is 12.4. The normalized spacial score (nSPS) is 11.8. The summed E-state index contributed by atoms with van der Waals surface area (Å²) in [7, 11) is 0. The number of fused-ring (bicyclic) bond motifs is 9. The van der Waals surface area contributed by atoms with Crippen molar-refractivity contribution in [3.05, 3.63) is 212 Å². The molecule has 0 radical (unpaired) electrons. The summed E-state index contributed by atoms with van der Waals surface area (Å²) in [5.74, 6) is 0.715. The van der Waals surface area contributed by atoms with E-state index in [1.807, 2.05) is 47.7 Å². The first-order valence-electron chi connectivity index (χ1n) is 21.2. The molecule has 0 N–H and O–H groups in total. The molecule has 0 fully saturated rings. The molecule has 0 bridgehead atoms. The monoisotopic (exact) mass is 821 g/mol. The van der Waals surface area contributed by atoms with E-state index < -0.39 is 0 Å². The first-order chi connectivity index (χ1) is 31.2. The Bertz CT molecular complexity index is 3840. The van der Waals surface area contributed by atoms with E-state index in [0.717, 1.165) is 61.3 Å². The maximum absolute atomic E-state index is 6.19. The molecule has 13 rings (SSSR count). The van der Waals surface area contributed by atoms with E-state index in [9.17, 15) is 0 Å². The van der Waals surface area contributed by atoms with E-state index in [4.69, 9.17) is 14.4 Å². The van der Waals surface area contributed by atoms with Gasteiger partial charge in [0, 0.05) is 64.1 Å². The summed E-state index contributed by atoms with van der Waals surface area (Å²) in [6.07, 6.45) is 0. The van der Waals surface area contributed by atoms with E-state index in [2.05, 4.69) is 180 Å². The minimum atomic E-state index is 0.715. The lowest BCUT2D eigenvalue weighted by molar-refractivity contribution is 0.669. The van der Waals surface area contributed by atoms with E-state index in [0.29, 0.717) is 5.82 Å². The average Bonchev–Trinajstić information content (AvgIpc) is 4.03. The molecule has 9 aromatic carbocycles. The number of hydrogen-bond acceptors (Lipinski definition) is 4. The van der Waals surface area contributed by atoms with Crippen LogP contribution in [0.15, 0.2) is 217 Å². The predicted molar refractivity (Wildman–Crippen MR) is 264 cm³/mol. The molecule has 0 aliphatic heterocycles. The molecule has 0 aliphatic carbocycles. The molecule has 5 heteroatoms. The average molecular weight is 822 g/mol. The van der Waals surface area contributed by atoms with E-state index in [-0.39, 0.29) is 0 Å². The van der Waals surface area contributed by atoms with Crippen molar-refractivity contribution < 1.29 is 4.42 Å². The number of thiophene rings is 1. The van der Waals surface area contributed by atoms with Gasteiger partial charge in [0.25, 0.3) is 0 Å². The second kappa shape index (κ2) is 14.2. The fraction of sp³-hybridized carbons (Fsp3) is 0. The van der Waals surface area contributed by atoms with Crippen LogP contribution in [0.1, 0.15) is 0 Å². The summed E-state index contributed by atoms with van der Waals surface area (Å²) in [5.41, 5.74) is 15.0. The molecule has 0 aliphatic rings. The Kier molecular flexibility index (Phi) is 8.05. The molecule has 0 saturated carbocycles. The summed E-state index contributed by atoms with van der Waals surface area (Å²) in [5, 5.41) is 7.16. The lowest BCUT2D eigenvalue weighted by Crippen LogP contribution is -1.95. The Morgan fingerprint density at radius 2 is 0.889 bits per heavy atom. The standard InChI is InChI=1S/C58H35N3OS/c1-4-14-36(15-5-1)50-35-51(60-58(59-50)37-16-6-2-7-17-37)46-24-13-23-45-44-22-12-21-42(56(44)63-57(45)46)40-27-30-53-48(34-40)47-32-38(26-29-52(47)61(53)41-18-8-3-9-19-41)39-28-31-55-49(33-39)43-20-10-11-25-54(43)62-55/h1-35H. The smallest absolute Gasteiger partial charge is 0.160 e. The molecule has 294 valence electrons. The van der Waals surface area contributed by atoms with Crippen molar-refractivity contribution in [2.45, 2.75) is 0 Å². The molecule has 0 saturated heterocycles. The predicted octanol–water partition coefficient (Wildman–Crippen LogP) is 16.2. The van der Waals surface area contributed by atoms with Gasteiger partial charge in [0.05, 0.1) is 22.4 Å². The van der Waals surface area contributed by atoms with Gasteiger partial charge in [0.1, 0.15) is 11.2 Å². The zero-order valence-corrected chi connectivity index (χ0v) is 34.7. The number of hydrogen-bond donors (Lipinski definition) is 0. The topological polar surface area (TPSA) is 43.9 Å². The van der Waals surface area contributed by atoms with Gasteiger partial charge in [-0.1, -0.05) is 152 Å². The van der Waals surface area contributed by atoms with Crippen molar-refractivity contribution >= 4 is 75.3 Å². The van der Waals surface area contributed by atoms with Crippen LogP contribution in [0.3, 0.4) is 0 Å². The number of aromatic nitrogens is 3. The minimum absolute atomic E-state index is 0.715. The molecule has 0 unspecified atom stereocenters. The number of furan rings is 1. The molecule has 0 spiro atoms. The van der Waals surface area contributed by atoms with Gasteiger partial charge in [-0.3, -0.25) is 0 Å². The van der Waals surface area contributed by atoms with Crippen LogP contribution in [0.2, 0.25) is 0 Å². The lowest BCUT2D eigenvalue weighted by Gasteiger charge is -2.10. The summed E-state index contributed by atoms with van der Waals surface area (Å²) >= 11 is 1.85. The highest BCUT2D eigenvalue weighted by atomic mass is 32.1. The summed E-state index contributed by atoms with van der Waals surface area (Å²) in [4.78, 5) is 10.3. The quantitative estimate of drug-likeness (QED) is 0.168. The lowest BCUT2D eigenvalue weighted by atomic mass is 9.98. The third kappa shape index (κ3) is 5.82. The van der Waals surface area contributed by atoms with Gasteiger partial charge in [-0.25, -0.2) is 9.97 Å². The maximum atomic E-state index is 6.19. The molecule has 0 amide bonds. The molecule has 13 aromatic rings. The van der Waals surface area contributed by atoms with Gasteiger partial charge in [0.2, 0.25) is 0 Å². The molecule has 63 heavy (non-hydrogen) atoms. The summed E-state index contributed by atoms with van der Waals surface area (Å²) in [6, 6.07) is 75.6. The third-order valence-corrected chi connectivity index (χ3v) is 13.7. The first-order valence-corrected chi connectivity index (χ1v) is 22.0. The van der Waals surface area contributed by atoms with Gasteiger partial charge in [0.15, 0.2) is 5.82 Å². The highest BCUT2D eigenvalue weighted by Gasteiger charge is 2.20. The van der Waals surface area contributed by atoms with Crippen LogP contribution in [0.4, 0.5) is 0 Å². The Morgan fingerprint density at radius 1 is 0.349 bits per heavy atom. The fourth-order valence-electron chi connectivity index (χ4n) is 9.44. The maximum Gasteiger partial charge on any atom is 0.160 e. The molecule has 0 atom stereocenters. The van der Waals surface area contributed by atoms with Crippen LogP contribution in [0, 0.1) is 0 Å². The fourth-order valence-corrected chi connectivity index (χ4v) is 10.8. The summed E-state index contributed by atoms with van der Waals surface area (Å²) in [6.45, 7) is 0. The van der Waals surface area contributed by atoms with Crippen molar-refractivity contribution in [1.29, 1.82) is 0 Å². The van der Waals surface area contributed by atoms with Gasteiger partial charge in [-0.2, -0.15) is 0 Å². The van der Waals surface area contributed by atoms with Gasteiger partial charge in [-0.15, -0.1) is 11.3 Å². The number of benzene rings is 9. The number of rotatable bonds is 6. The largest absolute Gasteiger partial charge is 0.456 e. The molecule has 4 aromatic heterocycles. The van der Waals surface area contributed by atoms with Crippen LogP contribution in [-0.4, -0.2) is 14.5 Å². The second-order valence-electron chi connectivity index (χ2n) is 16.1. The second-order valence-corrected chi connectivity index (χ2v) is 17.1. The van der Waals surface area contributed by atoms with Gasteiger partial charge in [-0.05, 0) is 82.9 Å². The van der Waals surface area contributed by atoms with Crippen LogP contribution in [0.25, 0.3) is 126 Å². The van der Waals surface area contributed by atoms with Crippen LogP contribution in [-0.2, 0) is 0 Å². The first kappa shape index (κ1) is 35.6. The Hall–Kier alpha value is -8.12. The van der Waals surface area contributed by atoms with Crippen molar-refractivity contribution in [3.63, 3.8) is 0 Å². The van der Waals surface area contributed by atoms with E-state index >= 15 is 0 Å². The van der Waals surface area contributed by atoms with Crippen molar-refractivity contribution in [1.82, 2.24) is 14.5 Å². The molecular formula is C58H35N3OS. The highest BCUT2D eigenvalue weighted by molar-refractivity contribution is 7.26. The van der Waals surface area contributed by atoms with Crippen LogP contribution >= 0.6 is 11.3 Å². The van der Waals surface area contributed by atoms with Gasteiger partial charge < -0.3 is 8.98 Å². The van der Waals surface area contributed by atoms with Crippen molar-refractivity contribution in [2.24, 2.45) is 0 Å². The Labute approximate surface area is 366 Å². The highest BCUT2D eigenvalue weighted by Crippen LogP contribution is 2.45. The zero-order valence-electron chi connectivity index (χ0n) is 33.9. The molecule has 4 heterocycles.